The zero-order valence-corrected chi connectivity index (χ0v) is 20.7. The molecule has 0 radical (unpaired) electrons. The first-order valence-electron chi connectivity index (χ1n) is 12.8. The van der Waals surface area contributed by atoms with Crippen LogP contribution in [0.15, 0.2) is 30.3 Å². The summed E-state index contributed by atoms with van der Waals surface area (Å²) in [6, 6.07) is 10.9. The first-order valence-corrected chi connectivity index (χ1v) is 12.8. The van der Waals surface area contributed by atoms with Gasteiger partial charge in [-0.05, 0) is 52.5 Å². The molecule has 1 aromatic carbocycles. The predicted molar refractivity (Wildman–Crippen MR) is 131 cm³/mol. The molecule has 1 saturated heterocycles. The summed E-state index contributed by atoms with van der Waals surface area (Å²) in [4.78, 5) is 2.69. The third-order valence-electron chi connectivity index (χ3n) is 6.95. The summed E-state index contributed by atoms with van der Waals surface area (Å²) in [7, 11) is 0. The van der Waals surface area contributed by atoms with Crippen LogP contribution in [0.3, 0.4) is 0 Å². The zero-order chi connectivity index (χ0) is 21.9. The van der Waals surface area contributed by atoms with Gasteiger partial charge in [0.1, 0.15) is 0 Å². The number of rotatable bonds is 14. The molecule has 0 N–H and O–H groups in total. The monoisotopic (exact) mass is 415 g/mol. The molecule has 0 amide bonds. The second-order valence-electron chi connectivity index (χ2n) is 10.8. The van der Waals surface area contributed by atoms with Crippen LogP contribution < -0.4 is 0 Å². The normalized spacial score (nSPS) is 19.2. The van der Waals surface area contributed by atoms with Crippen LogP contribution in [0.5, 0.6) is 0 Å². The highest BCUT2D eigenvalue weighted by molar-refractivity contribution is 5.16. The summed E-state index contributed by atoms with van der Waals surface area (Å²) in [5, 5.41) is 0. The van der Waals surface area contributed by atoms with Crippen LogP contribution in [0.25, 0.3) is 0 Å². The number of nitrogens with zero attached hydrogens (tertiary/aromatic N) is 1. The van der Waals surface area contributed by atoms with Crippen molar-refractivity contribution >= 4 is 0 Å². The quantitative estimate of drug-likeness (QED) is 0.284. The van der Waals surface area contributed by atoms with Crippen molar-refractivity contribution in [3.63, 3.8) is 0 Å². The highest BCUT2D eigenvalue weighted by atomic mass is 16.5. The van der Waals surface area contributed by atoms with Crippen LogP contribution in [0.2, 0.25) is 0 Å². The minimum absolute atomic E-state index is 0.153. The molecule has 0 bridgehead atoms. The third kappa shape index (κ3) is 8.71. The Morgan fingerprint density at radius 3 is 1.80 bits per heavy atom. The van der Waals surface area contributed by atoms with E-state index in [1.54, 1.807) is 0 Å². The van der Waals surface area contributed by atoms with Crippen molar-refractivity contribution in [2.75, 3.05) is 6.61 Å². The van der Waals surface area contributed by atoms with Crippen molar-refractivity contribution < 1.29 is 4.74 Å². The first-order chi connectivity index (χ1) is 14.3. The molecule has 0 saturated carbocycles. The average Bonchev–Trinajstić information content (AvgIpc) is 2.69. The molecule has 2 heteroatoms. The Hall–Kier alpha value is -0.860. The van der Waals surface area contributed by atoms with Gasteiger partial charge in [0.2, 0.25) is 0 Å². The van der Waals surface area contributed by atoms with Gasteiger partial charge in [-0.1, -0.05) is 95.0 Å². The van der Waals surface area contributed by atoms with Gasteiger partial charge in [0.05, 0.1) is 6.10 Å². The van der Waals surface area contributed by atoms with Crippen LogP contribution in [-0.2, 0) is 11.3 Å². The summed E-state index contributed by atoms with van der Waals surface area (Å²) >= 11 is 0. The highest BCUT2D eigenvalue weighted by Crippen LogP contribution is 2.40. The molecule has 0 unspecified atom stereocenters. The van der Waals surface area contributed by atoms with Gasteiger partial charge in [0.15, 0.2) is 0 Å². The smallest absolute Gasteiger partial charge is 0.0610 e. The van der Waals surface area contributed by atoms with Crippen molar-refractivity contribution in [2.24, 2.45) is 0 Å². The molecule has 172 valence electrons. The van der Waals surface area contributed by atoms with Crippen molar-refractivity contribution in [3.8, 4) is 0 Å². The van der Waals surface area contributed by atoms with Gasteiger partial charge in [-0.25, -0.2) is 0 Å². The number of hydrogen-bond donors (Lipinski definition) is 0. The van der Waals surface area contributed by atoms with Crippen LogP contribution in [0.1, 0.15) is 117 Å². The van der Waals surface area contributed by atoms with E-state index in [0.717, 1.165) is 26.0 Å². The molecule has 1 aromatic rings. The molecule has 1 heterocycles. The summed E-state index contributed by atoms with van der Waals surface area (Å²) in [5.41, 5.74) is 1.71. The predicted octanol–water partition coefficient (Wildman–Crippen LogP) is 8.15. The Morgan fingerprint density at radius 2 is 1.27 bits per heavy atom. The molecule has 30 heavy (non-hydrogen) atoms. The molecule has 2 rings (SSSR count). The molecule has 0 spiro atoms. The molecule has 1 fully saturated rings. The second kappa shape index (κ2) is 12.9. The molecule has 2 nitrogen and oxygen atoms in total. The van der Waals surface area contributed by atoms with Gasteiger partial charge in [-0.3, -0.25) is 4.90 Å². The average molecular weight is 416 g/mol. The lowest BCUT2D eigenvalue weighted by Gasteiger charge is -2.55. The molecule has 1 aliphatic rings. The maximum atomic E-state index is 6.40. The van der Waals surface area contributed by atoms with E-state index < -0.39 is 0 Å². The van der Waals surface area contributed by atoms with Crippen molar-refractivity contribution in [1.82, 2.24) is 4.90 Å². The van der Waals surface area contributed by atoms with E-state index in [1.807, 2.05) is 0 Å². The third-order valence-corrected chi connectivity index (χ3v) is 6.95. The molecule has 1 aliphatic heterocycles. The van der Waals surface area contributed by atoms with Gasteiger partial charge in [0.25, 0.3) is 0 Å². The summed E-state index contributed by atoms with van der Waals surface area (Å²) < 4.78 is 6.40. The number of likely N-dealkylation sites (tertiary alicyclic amines) is 1. The number of ether oxygens (including phenoxy) is 1. The molecule has 0 aliphatic carbocycles. The van der Waals surface area contributed by atoms with Crippen molar-refractivity contribution in [2.45, 2.75) is 135 Å². The fraction of sp³-hybridized carbons (Fsp3) is 0.786. The second-order valence-corrected chi connectivity index (χ2v) is 10.8. The first kappa shape index (κ1) is 25.4. The lowest BCUT2D eigenvalue weighted by Crippen LogP contribution is -2.61. The van der Waals surface area contributed by atoms with Gasteiger partial charge in [0, 0.05) is 24.2 Å². The van der Waals surface area contributed by atoms with Crippen LogP contribution >= 0.6 is 0 Å². The summed E-state index contributed by atoms with van der Waals surface area (Å²) in [6.45, 7) is 13.8. The van der Waals surface area contributed by atoms with Crippen LogP contribution in [0.4, 0.5) is 0 Å². The summed E-state index contributed by atoms with van der Waals surface area (Å²) in [6.07, 6.45) is 16.5. The Kier molecular flexibility index (Phi) is 10.9. The Labute approximate surface area is 187 Å². The molecular formula is C28H49NO. The fourth-order valence-electron chi connectivity index (χ4n) is 5.38. The van der Waals surface area contributed by atoms with Gasteiger partial charge < -0.3 is 4.74 Å². The maximum Gasteiger partial charge on any atom is 0.0610 e. The van der Waals surface area contributed by atoms with Crippen LogP contribution in [0, 0.1) is 0 Å². The van der Waals surface area contributed by atoms with Gasteiger partial charge in [-0.2, -0.15) is 0 Å². The van der Waals surface area contributed by atoms with Crippen molar-refractivity contribution in [3.05, 3.63) is 35.9 Å². The Balaban J connectivity index is 1.65. The van der Waals surface area contributed by atoms with E-state index >= 15 is 0 Å². The Morgan fingerprint density at radius 1 is 0.767 bits per heavy atom. The standard InChI is InChI=1S/C28H49NO/c1-6-7-8-9-10-11-12-13-14-18-21-30-26-22-27(2,3)29(28(4,5)23-26)24-25-19-16-15-17-20-25/h15-17,19-20,26H,6-14,18,21-24H2,1-5H3. The Bertz CT molecular complexity index is 547. The van der Waals surface area contributed by atoms with E-state index in [0.29, 0.717) is 6.10 Å². The minimum Gasteiger partial charge on any atom is -0.378 e. The SMILES string of the molecule is CCCCCCCCCCCCOC1CC(C)(C)N(Cc2ccccc2)C(C)(C)C1. The summed E-state index contributed by atoms with van der Waals surface area (Å²) in [5.74, 6) is 0. The van der Waals surface area contributed by atoms with E-state index in [4.69, 9.17) is 4.74 Å². The largest absolute Gasteiger partial charge is 0.378 e. The van der Waals surface area contributed by atoms with Crippen LogP contribution in [-0.4, -0.2) is 28.7 Å². The number of piperidine rings is 1. The van der Waals surface area contributed by atoms with E-state index in [2.05, 4.69) is 69.9 Å². The van der Waals surface area contributed by atoms with Gasteiger partial charge >= 0.3 is 0 Å². The maximum absolute atomic E-state index is 6.40. The lowest BCUT2D eigenvalue weighted by molar-refractivity contribution is -0.109. The number of unbranched alkanes of at least 4 members (excludes halogenated alkanes) is 9. The lowest BCUT2D eigenvalue weighted by atomic mass is 9.77. The number of hydrogen-bond acceptors (Lipinski definition) is 2. The molecular weight excluding hydrogens is 366 g/mol. The minimum atomic E-state index is 0.153. The van der Waals surface area contributed by atoms with Gasteiger partial charge in [-0.15, -0.1) is 0 Å². The molecule has 0 aromatic heterocycles. The van der Waals surface area contributed by atoms with E-state index in [-0.39, 0.29) is 11.1 Å². The highest BCUT2D eigenvalue weighted by Gasteiger charge is 2.45. The topological polar surface area (TPSA) is 12.5 Å². The molecule has 0 atom stereocenters. The van der Waals surface area contributed by atoms with E-state index in [1.165, 1.54) is 69.8 Å². The van der Waals surface area contributed by atoms with E-state index in [9.17, 15) is 0 Å². The number of benzene rings is 1. The zero-order valence-electron chi connectivity index (χ0n) is 20.7. The van der Waals surface area contributed by atoms with Crippen molar-refractivity contribution in [1.29, 1.82) is 0 Å². The fourth-order valence-corrected chi connectivity index (χ4v) is 5.38.